The summed E-state index contributed by atoms with van der Waals surface area (Å²) in [4.78, 5) is 18.9. The number of nitrogens with one attached hydrogen (secondary N) is 1. The summed E-state index contributed by atoms with van der Waals surface area (Å²) in [6, 6.07) is -0.784. The Bertz CT molecular complexity index is 668. The van der Waals surface area contributed by atoms with Crippen LogP contribution in [0.2, 0.25) is 0 Å². The Morgan fingerprint density at radius 1 is 1.13 bits per heavy atom. The van der Waals surface area contributed by atoms with E-state index in [1.54, 1.807) is 12.1 Å². The molecule has 0 fully saturated rings. The van der Waals surface area contributed by atoms with Gasteiger partial charge in [-0.25, -0.2) is 4.98 Å². The third-order valence-electron chi connectivity index (χ3n) is 2.57. The molecule has 0 aliphatic rings. The highest BCUT2D eigenvalue weighted by Gasteiger charge is 2.57. The SMILES string of the molecule is O=C(NC(C(F)(F)F)C(F)(F)F)c1cnc(-c2cccnc2)s1. The summed E-state index contributed by atoms with van der Waals surface area (Å²) in [5.41, 5.74) is 0.486. The number of rotatable bonds is 3. The molecule has 0 saturated heterocycles. The fourth-order valence-corrected chi connectivity index (χ4v) is 2.36. The molecule has 0 atom stereocenters. The number of hydrogen-bond acceptors (Lipinski definition) is 4. The van der Waals surface area contributed by atoms with Crippen LogP contribution in [0.3, 0.4) is 0 Å². The van der Waals surface area contributed by atoms with E-state index in [0.717, 1.165) is 11.5 Å². The second-order valence-corrected chi connectivity index (χ2v) is 5.29. The molecule has 23 heavy (non-hydrogen) atoms. The standard InChI is InChI=1S/C12H7F6N3OS/c13-11(14,15)10(12(16,17)18)21-8(22)7-5-20-9(23-7)6-2-1-3-19-4-6/h1-5,10H,(H,21,22). The zero-order valence-electron chi connectivity index (χ0n) is 10.9. The van der Waals surface area contributed by atoms with Crippen LogP contribution < -0.4 is 5.32 Å². The molecule has 2 rings (SSSR count). The molecule has 11 heteroatoms. The first-order chi connectivity index (χ1) is 10.6. The summed E-state index contributed by atoms with van der Waals surface area (Å²) in [5, 5.41) is 1.19. The minimum absolute atomic E-state index is 0.249. The molecule has 0 radical (unpaired) electrons. The Balaban J connectivity index is 2.20. The van der Waals surface area contributed by atoms with E-state index in [1.807, 2.05) is 0 Å². The van der Waals surface area contributed by atoms with E-state index in [1.165, 1.54) is 12.4 Å². The quantitative estimate of drug-likeness (QED) is 0.859. The Kier molecular flexibility index (Phi) is 4.59. The first-order valence-electron chi connectivity index (χ1n) is 5.89. The van der Waals surface area contributed by atoms with Gasteiger partial charge in [-0.2, -0.15) is 26.3 Å². The second kappa shape index (κ2) is 6.14. The van der Waals surface area contributed by atoms with E-state index in [9.17, 15) is 31.1 Å². The van der Waals surface area contributed by atoms with E-state index < -0.39 is 24.3 Å². The van der Waals surface area contributed by atoms with Gasteiger partial charge in [0, 0.05) is 18.0 Å². The maximum atomic E-state index is 12.4. The van der Waals surface area contributed by atoms with Gasteiger partial charge in [0.1, 0.15) is 9.88 Å². The first kappa shape index (κ1) is 17.2. The Labute approximate surface area is 129 Å². The van der Waals surface area contributed by atoms with Gasteiger partial charge in [-0.15, -0.1) is 11.3 Å². The van der Waals surface area contributed by atoms with Gasteiger partial charge in [0.2, 0.25) is 6.04 Å². The fraction of sp³-hybridized carbons (Fsp3) is 0.250. The predicted molar refractivity (Wildman–Crippen MR) is 68.7 cm³/mol. The van der Waals surface area contributed by atoms with Crippen LogP contribution in [0.15, 0.2) is 30.7 Å². The molecule has 0 aliphatic heterocycles. The molecule has 2 aromatic rings. The topological polar surface area (TPSA) is 54.9 Å². The lowest BCUT2D eigenvalue weighted by atomic mass is 10.2. The molecule has 0 bridgehead atoms. The molecule has 0 saturated carbocycles. The van der Waals surface area contributed by atoms with E-state index in [0.29, 0.717) is 16.9 Å². The Morgan fingerprint density at radius 3 is 2.30 bits per heavy atom. The van der Waals surface area contributed by atoms with Crippen molar-refractivity contribution in [1.82, 2.24) is 15.3 Å². The number of alkyl halides is 6. The van der Waals surface area contributed by atoms with Gasteiger partial charge in [-0.05, 0) is 12.1 Å². The third-order valence-corrected chi connectivity index (χ3v) is 3.61. The molecule has 124 valence electrons. The molecule has 0 spiro atoms. The summed E-state index contributed by atoms with van der Waals surface area (Å²) in [6.45, 7) is 0. The lowest BCUT2D eigenvalue weighted by molar-refractivity contribution is -0.255. The number of thiazole rings is 1. The monoisotopic (exact) mass is 355 g/mol. The van der Waals surface area contributed by atoms with E-state index in [-0.39, 0.29) is 9.88 Å². The molecule has 0 unspecified atom stereocenters. The number of pyridine rings is 1. The largest absolute Gasteiger partial charge is 0.417 e. The van der Waals surface area contributed by atoms with Crippen molar-refractivity contribution >= 4 is 17.2 Å². The van der Waals surface area contributed by atoms with Crippen LogP contribution in [-0.2, 0) is 0 Å². The average molecular weight is 355 g/mol. The minimum Gasteiger partial charge on any atom is -0.332 e. The maximum Gasteiger partial charge on any atom is 0.417 e. The Hall–Kier alpha value is -2.17. The summed E-state index contributed by atoms with van der Waals surface area (Å²) in [5.74, 6) is -1.50. The van der Waals surface area contributed by atoms with Crippen LogP contribution in [0.25, 0.3) is 10.6 Å². The summed E-state index contributed by atoms with van der Waals surface area (Å²) < 4.78 is 74.4. The van der Waals surface area contributed by atoms with Crippen LogP contribution in [0.4, 0.5) is 26.3 Å². The van der Waals surface area contributed by atoms with Crippen LogP contribution in [0.1, 0.15) is 9.67 Å². The van der Waals surface area contributed by atoms with Gasteiger partial charge in [-0.3, -0.25) is 9.78 Å². The van der Waals surface area contributed by atoms with Gasteiger partial charge in [0.15, 0.2) is 0 Å². The average Bonchev–Trinajstić information content (AvgIpc) is 2.93. The summed E-state index contributed by atoms with van der Waals surface area (Å²) >= 11 is 0.659. The normalized spacial score (nSPS) is 12.5. The molecule has 4 nitrogen and oxygen atoms in total. The number of amides is 1. The van der Waals surface area contributed by atoms with E-state index in [2.05, 4.69) is 9.97 Å². The molecule has 1 amide bonds. The van der Waals surface area contributed by atoms with Crippen molar-refractivity contribution in [3.05, 3.63) is 35.6 Å². The predicted octanol–water partition coefficient (Wildman–Crippen LogP) is 3.43. The number of nitrogens with zero attached hydrogens (tertiary/aromatic N) is 2. The van der Waals surface area contributed by atoms with Gasteiger partial charge < -0.3 is 5.32 Å². The van der Waals surface area contributed by atoms with Crippen molar-refractivity contribution in [1.29, 1.82) is 0 Å². The van der Waals surface area contributed by atoms with Crippen molar-refractivity contribution in [2.75, 3.05) is 0 Å². The summed E-state index contributed by atoms with van der Waals surface area (Å²) in [6.07, 6.45) is -7.52. The number of halogens is 6. The summed E-state index contributed by atoms with van der Waals surface area (Å²) in [7, 11) is 0. The highest BCUT2D eigenvalue weighted by atomic mass is 32.1. The first-order valence-corrected chi connectivity index (χ1v) is 6.71. The van der Waals surface area contributed by atoms with Gasteiger partial charge >= 0.3 is 12.4 Å². The van der Waals surface area contributed by atoms with Crippen molar-refractivity contribution in [3.63, 3.8) is 0 Å². The van der Waals surface area contributed by atoms with Crippen molar-refractivity contribution in [3.8, 4) is 10.6 Å². The molecule has 2 aromatic heterocycles. The highest BCUT2D eigenvalue weighted by molar-refractivity contribution is 7.16. The van der Waals surface area contributed by atoms with Crippen LogP contribution in [0, 0.1) is 0 Å². The van der Waals surface area contributed by atoms with Crippen LogP contribution in [0.5, 0.6) is 0 Å². The highest BCUT2D eigenvalue weighted by Crippen LogP contribution is 2.33. The second-order valence-electron chi connectivity index (χ2n) is 4.26. The van der Waals surface area contributed by atoms with Crippen LogP contribution in [-0.4, -0.2) is 34.3 Å². The minimum atomic E-state index is -5.65. The van der Waals surface area contributed by atoms with Crippen molar-refractivity contribution < 1.29 is 31.1 Å². The number of aromatic nitrogens is 2. The molecule has 0 aromatic carbocycles. The van der Waals surface area contributed by atoms with E-state index >= 15 is 0 Å². The number of hydrogen-bond donors (Lipinski definition) is 1. The molecule has 1 N–H and O–H groups in total. The molecular weight excluding hydrogens is 348 g/mol. The molecule has 0 aliphatic carbocycles. The van der Waals surface area contributed by atoms with Gasteiger partial charge in [-0.1, -0.05) is 0 Å². The lowest BCUT2D eigenvalue weighted by Crippen LogP contribution is -2.54. The maximum absolute atomic E-state index is 12.4. The molecular formula is C12H7F6N3OS. The van der Waals surface area contributed by atoms with Gasteiger partial charge in [0.05, 0.1) is 6.20 Å². The third kappa shape index (κ3) is 4.18. The fourth-order valence-electron chi connectivity index (χ4n) is 1.55. The smallest absolute Gasteiger partial charge is 0.332 e. The van der Waals surface area contributed by atoms with E-state index in [4.69, 9.17) is 0 Å². The van der Waals surface area contributed by atoms with Crippen molar-refractivity contribution in [2.45, 2.75) is 18.4 Å². The van der Waals surface area contributed by atoms with Crippen molar-refractivity contribution in [2.24, 2.45) is 0 Å². The zero-order chi connectivity index (χ0) is 17.3. The van der Waals surface area contributed by atoms with Crippen LogP contribution >= 0.6 is 11.3 Å². The Morgan fingerprint density at radius 2 is 1.78 bits per heavy atom. The number of carbonyl (C=O) groups excluding carboxylic acids is 1. The zero-order valence-corrected chi connectivity index (χ0v) is 11.8. The molecule has 2 heterocycles. The van der Waals surface area contributed by atoms with Gasteiger partial charge in [0.25, 0.3) is 5.91 Å². The lowest BCUT2D eigenvalue weighted by Gasteiger charge is -2.23. The number of carbonyl (C=O) groups is 1.